The summed E-state index contributed by atoms with van der Waals surface area (Å²) in [6.45, 7) is 1.65. The van der Waals surface area contributed by atoms with Crippen LogP contribution < -0.4 is 0 Å². The Morgan fingerprint density at radius 2 is 1.61 bits per heavy atom. The van der Waals surface area contributed by atoms with E-state index in [0.717, 1.165) is 36.9 Å². The van der Waals surface area contributed by atoms with E-state index in [9.17, 15) is 30.7 Å². The van der Waals surface area contributed by atoms with E-state index in [-0.39, 0.29) is 17.4 Å². The first-order chi connectivity index (χ1) is 18.0. The van der Waals surface area contributed by atoms with Gasteiger partial charge in [0.15, 0.2) is 5.82 Å². The molecule has 6 nitrogen and oxygen atoms in total. The van der Waals surface area contributed by atoms with Crippen LogP contribution in [0.4, 0.5) is 30.7 Å². The van der Waals surface area contributed by atoms with Gasteiger partial charge in [-0.15, -0.1) is 0 Å². The predicted octanol–water partition coefficient (Wildman–Crippen LogP) is 6.68. The van der Waals surface area contributed by atoms with Crippen LogP contribution in [0, 0.1) is 5.82 Å². The summed E-state index contributed by atoms with van der Waals surface area (Å²) in [4.78, 5) is 13.9. The average Bonchev–Trinajstić information content (AvgIpc) is 3.54. The SMILES string of the molecule is Fc1ccc(-c2nc(CN3CCC(c4ncc(-c5ccc(C(F)(F)F)cc5)[nH]4)CC3)no2)cc1C(F)(F)F. The van der Waals surface area contributed by atoms with E-state index >= 15 is 0 Å². The Kier molecular flexibility index (Phi) is 6.72. The number of nitrogens with zero attached hydrogens (tertiary/aromatic N) is 4. The van der Waals surface area contributed by atoms with E-state index in [0.29, 0.717) is 48.8 Å². The maximum atomic E-state index is 13.6. The Hall–Kier alpha value is -3.74. The van der Waals surface area contributed by atoms with E-state index < -0.39 is 29.3 Å². The van der Waals surface area contributed by atoms with Gasteiger partial charge in [-0.25, -0.2) is 9.37 Å². The third-order valence-corrected chi connectivity index (χ3v) is 6.44. The summed E-state index contributed by atoms with van der Waals surface area (Å²) in [7, 11) is 0. The van der Waals surface area contributed by atoms with Crippen molar-refractivity contribution in [3.8, 4) is 22.7 Å². The van der Waals surface area contributed by atoms with Gasteiger partial charge in [0.25, 0.3) is 5.89 Å². The van der Waals surface area contributed by atoms with Gasteiger partial charge in [0.1, 0.15) is 11.6 Å². The lowest BCUT2D eigenvalue weighted by molar-refractivity contribution is -0.140. The molecule has 3 heterocycles. The monoisotopic (exact) mass is 539 g/mol. The number of hydrogen-bond acceptors (Lipinski definition) is 5. The quantitative estimate of drug-likeness (QED) is 0.287. The summed E-state index contributed by atoms with van der Waals surface area (Å²) >= 11 is 0. The van der Waals surface area contributed by atoms with Crippen LogP contribution in [0.15, 0.2) is 53.2 Å². The molecule has 2 aromatic carbocycles. The summed E-state index contributed by atoms with van der Waals surface area (Å²) < 4.78 is 96.0. The lowest BCUT2D eigenvalue weighted by Crippen LogP contribution is -2.33. The molecule has 0 atom stereocenters. The number of likely N-dealkylation sites (tertiary alicyclic amines) is 1. The Bertz CT molecular complexity index is 1400. The van der Waals surface area contributed by atoms with Crippen LogP contribution in [0.1, 0.15) is 41.5 Å². The van der Waals surface area contributed by atoms with Gasteiger partial charge < -0.3 is 9.51 Å². The predicted molar refractivity (Wildman–Crippen MR) is 121 cm³/mol. The zero-order chi connectivity index (χ0) is 27.1. The van der Waals surface area contributed by atoms with Gasteiger partial charge in [0, 0.05) is 11.5 Å². The van der Waals surface area contributed by atoms with Gasteiger partial charge in [0.2, 0.25) is 0 Å². The molecule has 2 aromatic heterocycles. The normalized spacial score (nSPS) is 15.8. The van der Waals surface area contributed by atoms with Crippen LogP contribution in [0.2, 0.25) is 0 Å². The zero-order valence-electron chi connectivity index (χ0n) is 19.6. The fourth-order valence-electron chi connectivity index (χ4n) is 4.41. The molecule has 5 rings (SSSR count). The van der Waals surface area contributed by atoms with Crippen molar-refractivity contribution in [2.24, 2.45) is 0 Å². The molecular weight excluding hydrogens is 519 g/mol. The molecule has 1 aliphatic rings. The van der Waals surface area contributed by atoms with Crippen LogP contribution in [0.25, 0.3) is 22.7 Å². The maximum Gasteiger partial charge on any atom is 0.419 e. The highest BCUT2D eigenvalue weighted by molar-refractivity contribution is 5.59. The highest BCUT2D eigenvalue weighted by Gasteiger charge is 2.35. The lowest BCUT2D eigenvalue weighted by atomic mass is 9.96. The molecule has 0 aliphatic carbocycles. The minimum atomic E-state index is -4.85. The van der Waals surface area contributed by atoms with Gasteiger partial charge in [-0.2, -0.15) is 31.3 Å². The van der Waals surface area contributed by atoms with Crippen LogP contribution in [0.5, 0.6) is 0 Å². The number of halogens is 7. The summed E-state index contributed by atoms with van der Waals surface area (Å²) in [5, 5.41) is 3.84. The Morgan fingerprint density at radius 3 is 2.26 bits per heavy atom. The highest BCUT2D eigenvalue weighted by Crippen LogP contribution is 2.35. The largest absolute Gasteiger partial charge is 0.419 e. The summed E-state index contributed by atoms with van der Waals surface area (Å²) in [5.41, 5.74) is -0.921. The molecule has 0 spiro atoms. The lowest BCUT2D eigenvalue weighted by Gasteiger charge is -2.30. The van der Waals surface area contributed by atoms with E-state index in [4.69, 9.17) is 4.52 Å². The second-order valence-corrected chi connectivity index (χ2v) is 9.02. The summed E-state index contributed by atoms with van der Waals surface area (Å²) in [5.74, 6) is -0.356. The van der Waals surface area contributed by atoms with Crippen molar-refractivity contribution in [2.75, 3.05) is 13.1 Å². The third-order valence-electron chi connectivity index (χ3n) is 6.44. The minimum absolute atomic E-state index is 0.0298. The Labute approximate surface area is 211 Å². The molecule has 1 saturated heterocycles. The first-order valence-electron chi connectivity index (χ1n) is 11.6. The number of hydrogen-bond donors (Lipinski definition) is 1. The van der Waals surface area contributed by atoms with Crippen molar-refractivity contribution in [3.05, 3.63) is 77.3 Å². The third kappa shape index (κ3) is 5.57. The van der Waals surface area contributed by atoms with Crippen molar-refractivity contribution in [2.45, 2.75) is 37.7 Å². The topological polar surface area (TPSA) is 70.8 Å². The molecule has 4 aromatic rings. The van der Waals surface area contributed by atoms with Crippen LogP contribution in [0.3, 0.4) is 0 Å². The second-order valence-electron chi connectivity index (χ2n) is 9.02. The first kappa shape index (κ1) is 25.9. The molecule has 1 aliphatic heterocycles. The Balaban J connectivity index is 1.18. The van der Waals surface area contributed by atoms with Crippen LogP contribution in [-0.4, -0.2) is 38.1 Å². The second kappa shape index (κ2) is 9.86. The standard InChI is InChI=1S/C25H20F7N5O/c26-19-6-3-16(11-18(19)25(30,31)32)23-35-21(36-38-23)13-37-9-7-15(8-10-37)22-33-12-20(34-22)14-1-4-17(5-2-14)24(27,28)29/h1-6,11-12,15H,7-10,13H2,(H,33,34). The van der Waals surface area contributed by atoms with Crippen molar-refractivity contribution in [1.29, 1.82) is 0 Å². The van der Waals surface area contributed by atoms with Crippen molar-refractivity contribution in [1.82, 2.24) is 25.0 Å². The van der Waals surface area contributed by atoms with E-state index in [1.807, 2.05) is 0 Å². The molecule has 0 saturated carbocycles. The molecular formula is C25H20F7N5O. The van der Waals surface area contributed by atoms with Crippen molar-refractivity contribution in [3.63, 3.8) is 0 Å². The maximum absolute atomic E-state index is 13.6. The van der Waals surface area contributed by atoms with E-state index in [2.05, 4.69) is 25.0 Å². The number of aromatic amines is 1. The molecule has 38 heavy (non-hydrogen) atoms. The number of aromatic nitrogens is 4. The fourth-order valence-corrected chi connectivity index (χ4v) is 4.41. The van der Waals surface area contributed by atoms with Gasteiger partial charge in [0.05, 0.1) is 29.6 Å². The van der Waals surface area contributed by atoms with E-state index in [1.165, 1.54) is 12.1 Å². The molecule has 0 unspecified atom stereocenters. The molecule has 1 N–H and O–H groups in total. The van der Waals surface area contributed by atoms with Crippen molar-refractivity contribution >= 4 is 0 Å². The number of benzene rings is 2. The number of alkyl halides is 6. The van der Waals surface area contributed by atoms with Crippen molar-refractivity contribution < 1.29 is 35.3 Å². The average molecular weight is 539 g/mol. The zero-order valence-corrected chi connectivity index (χ0v) is 19.6. The number of rotatable bonds is 5. The smallest absolute Gasteiger partial charge is 0.342 e. The number of piperidine rings is 1. The van der Waals surface area contributed by atoms with Gasteiger partial charge in [-0.3, -0.25) is 4.90 Å². The molecule has 13 heteroatoms. The molecule has 0 bridgehead atoms. The van der Waals surface area contributed by atoms with Crippen LogP contribution in [-0.2, 0) is 18.9 Å². The van der Waals surface area contributed by atoms with E-state index in [1.54, 1.807) is 6.20 Å². The fraction of sp³-hybridized carbons (Fsp3) is 0.320. The number of nitrogens with one attached hydrogen (secondary N) is 1. The van der Waals surface area contributed by atoms with Gasteiger partial charge in [-0.05, 0) is 61.8 Å². The number of imidazole rings is 1. The molecule has 1 fully saturated rings. The van der Waals surface area contributed by atoms with Crippen LogP contribution >= 0.6 is 0 Å². The summed E-state index contributed by atoms with van der Waals surface area (Å²) in [6.07, 6.45) is -6.15. The molecule has 200 valence electrons. The van der Waals surface area contributed by atoms with Gasteiger partial charge in [-0.1, -0.05) is 17.3 Å². The first-order valence-corrected chi connectivity index (χ1v) is 11.6. The molecule has 0 amide bonds. The molecule has 0 radical (unpaired) electrons. The highest BCUT2D eigenvalue weighted by atomic mass is 19.4. The number of H-pyrrole nitrogens is 1. The minimum Gasteiger partial charge on any atom is -0.342 e. The Morgan fingerprint density at radius 1 is 0.921 bits per heavy atom. The summed E-state index contributed by atoms with van der Waals surface area (Å²) in [6, 6.07) is 7.36. The van der Waals surface area contributed by atoms with Gasteiger partial charge >= 0.3 is 12.4 Å².